The topological polar surface area (TPSA) is 27.0 Å². The van der Waals surface area contributed by atoms with Gasteiger partial charge in [-0.15, -0.1) is 0 Å². The van der Waals surface area contributed by atoms with Crippen LogP contribution in [0.15, 0.2) is 0 Å². The third-order valence-electron chi connectivity index (χ3n) is 3.11. The number of rotatable bonds is 1. The van der Waals surface area contributed by atoms with Gasteiger partial charge in [0.1, 0.15) is 0 Å². The van der Waals surface area contributed by atoms with E-state index in [1.54, 1.807) is 0 Å². The molecule has 12 heavy (non-hydrogen) atoms. The van der Waals surface area contributed by atoms with Crippen molar-refractivity contribution >= 4 is 0 Å². The molecule has 0 aromatic carbocycles. The van der Waals surface area contributed by atoms with E-state index in [-0.39, 0.29) is 6.04 Å². The molecule has 2 heteroatoms. The third kappa shape index (κ3) is 1.78. The average molecular weight is 166 g/mol. The minimum atomic E-state index is 0.0859. The first-order valence-corrected chi connectivity index (χ1v) is 4.82. The predicted molar refractivity (Wildman–Crippen MR) is 49.6 cm³/mol. The Morgan fingerprint density at radius 2 is 2.17 bits per heavy atom. The van der Waals surface area contributed by atoms with Gasteiger partial charge in [-0.05, 0) is 39.2 Å². The highest BCUT2D eigenvalue weighted by atomic mass is 15.2. The molecule has 1 fully saturated rings. The summed E-state index contributed by atoms with van der Waals surface area (Å²) in [5.74, 6) is 0.745. The van der Waals surface area contributed by atoms with E-state index >= 15 is 0 Å². The van der Waals surface area contributed by atoms with Crippen LogP contribution >= 0.6 is 0 Å². The first-order chi connectivity index (χ1) is 5.66. The molecule has 0 radical (unpaired) electrons. The van der Waals surface area contributed by atoms with Gasteiger partial charge in [0, 0.05) is 6.04 Å². The summed E-state index contributed by atoms with van der Waals surface area (Å²) in [4.78, 5) is 2.31. The SMILES string of the molecule is CC1CCCN(C(C)C#N)C1C. The second kappa shape index (κ2) is 3.91. The van der Waals surface area contributed by atoms with Gasteiger partial charge in [0.25, 0.3) is 0 Å². The fraction of sp³-hybridized carbons (Fsp3) is 0.900. The lowest BCUT2D eigenvalue weighted by atomic mass is 9.91. The van der Waals surface area contributed by atoms with Crippen LogP contribution in [0.25, 0.3) is 0 Å². The summed E-state index contributed by atoms with van der Waals surface area (Å²) in [6.45, 7) is 7.60. The lowest BCUT2D eigenvalue weighted by Gasteiger charge is -2.39. The molecule has 3 atom stereocenters. The van der Waals surface area contributed by atoms with E-state index in [4.69, 9.17) is 5.26 Å². The Labute approximate surface area is 75.2 Å². The minimum Gasteiger partial charge on any atom is -0.285 e. The largest absolute Gasteiger partial charge is 0.285 e. The Morgan fingerprint density at radius 3 is 2.75 bits per heavy atom. The van der Waals surface area contributed by atoms with Crippen molar-refractivity contribution in [3.05, 3.63) is 0 Å². The first kappa shape index (κ1) is 9.54. The molecule has 1 aliphatic rings. The van der Waals surface area contributed by atoms with Crippen LogP contribution in [0.5, 0.6) is 0 Å². The fourth-order valence-corrected chi connectivity index (χ4v) is 1.99. The second-order valence-corrected chi connectivity index (χ2v) is 3.90. The highest BCUT2D eigenvalue weighted by Crippen LogP contribution is 2.24. The zero-order valence-electron chi connectivity index (χ0n) is 8.25. The zero-order chi connectivity index (χ0) is 9.14. The van der Waals surface area contributed by atoms with Crippen LogP contribution in [-0.4, -0.2) is 23.5 Å². The number of nitrogens with zero attached hydrogens (tertiary/aromatic N) is 2. The monoisotopic (exact) mass is 166 g/mol. The lowest BCUT2D eigenvalue weighted by Crippen LogP contribution is -2.46. The molecule has 0 spiro atoms. The van der Waals surface area contributed by atoms with Crippen molar-refractivity contribution in [1.29, 1.82) is 5.26 Å². The number of hydrogen-bond donors (Lipinski definition) is 0. The van der Waals surface area contributed by atoms with Crippen LogP contribution < -0.4 is 0 Å². The molecule has 0 aliphatic carbocycles. The average Bonchev–Trinajstić information content (AvgIpc) is 2.08. The Morgan fingerprint density at radius 1 is 1.50 bits per heavy atom. The smallest absolute Gasteiger partial charge is 0.0951 e. The molecule has 0 aromatic heterocycles. The molecule has 0 amide bonds. The summed E-state index contributed by atoms with van der Waals surface area (Å²) in [7, 11) is 0. The van der Waals surface area contributed by atoms with Gasteiger partial charge in [0.05, 0.1) is 12.1 Å². The van der Waals surface area contributed by atoms with Crippen LogP contribution in [0.1, 0.15) is 33.6 Å². The van der Waals surface area contributed by atoms with E-state index < -0.39 is 0 Å². The number of nitriles is 1. The molecule has 0 bridgehead atoms. The molecule has 0 aromatic rings. The van der Waals surface area contributed by atoms with Crippen LogP contribution in [0.3, 0.4) is 0 Å². The van der Waals surface area contributed by atoms with E-state index in [2.05, 4.69) is 24.8 Å². The van der Waals surface area contributed by atoms with Crippen molar-refractivity contribution in [2.45, 2.75) is 45.7 Å². The van der Waals surface area contributed by atoms with Crippen molar-refractivity contribution in [2.24, 2.45) is 5.92 Å². The van der Waals surface area contributed by atoms with Gasteiger partial charge in [-0.3, -0.25) is 4.90 Å². The third-order valence-corrected chi connectivity index (χ3v) is 3.11. The van der Waals surface area contributed by atoms with Gasteiger partial charge in [-0.1, -0.05) is 6.92 Å². The molecule has 1 rings (SSSR count). The predicted octanol–water partition coefficient (Wildman–Crippen LogP) is 2.02. The maximum Gasteiger partial charge on any atom is 0.0951 e. The van der Waals surface area contributed by atoms with Gasteiger partial charge in [-0.25, -0.2) is 0 Å². The van der Waals surface area contributed by atoms with Crippen LogP contribution in [0.2, 0.25) is 0 Å². The van der Waals surface area contributed by atoms with E-state index in [9.17, 15) is 0 Å². The number of hydrogen-bond acceptors (Lipinski definition) is 2. The molecular formula is C10H18N2. The van der Waals surface area contributed by atoms with Crippen molar-refractivity contribution in [2.75, 3.05) is 6.54 Å². The lowest BCUT2D eigenvalue weighted by molar-refractivity contribution is 0.0964. The summed E-state index contributed by atoms with van der Waals surface area (Å²) < 4.78 is 0. The van der Waals surface area contributed by atoms with E-state index in [0.717, 1.165) is 12.5 Å². The summed E-state index contributed by atoms with van der Waals surface area (Å²) >= 11 is 0. The quantitative estimate of drug-likeness (QED) is 0.596. The van der Waals surface area contributed by atoms with E-state index in [1.165, 1.54) is 12.8 Å². The summed E-state index contributed by atoms with van der Waals surface area (Å²) in [5, 5.41) is 8.80. The van der Waals surface area contributed by atoms with Crippen LogP contribution in [0.4, 0.5) is 0 Å². The molecule has 0 N–H and O–H groups in total. The number of likely N-dealkylation sites (tertiary alicyclic amines) is 1. The Hall–Kier alpha value is -0.550. The molecule has 68 valence electrons. The summed E-state index contributed by atoms with van der Waals surface area (Å²) in [5.41, 5.74) is 0. The maximum absolute atomic E-state index is 8.80. The van der Waals surface area contributed by atoms with Gasteiger partial charge in [0.2, 0.25) is 0 Å². The Kier molecular flexibility index (Phi) is 3.11. The normalized spacial score (nSPS) is 34.2. The highest BCUT2D eigenvalue weighted by Gasteiger charge is 2.27. The minimum absolute atomic E-state index is 0.0859. The zero-order valence-corrected chi connectivity index (χ0v) is 8.25. The van der Waals surface area contributed by atoms with Crippen molar-refractivity contribution in [1.82, 2.24) is 4.90 Å². The van der Waals surface area contributed by atoms with Gasteiger partial charge >= 0.3 is 0 Å². The van der Waals surface area contributed by atoms with E-state index in [1.807, 2.05) is 6.92 Å². The first-order valence-electron chi connectivity index (χ1n) is 4.82. The Balaban J connectivity index is 2.58. The van der Waals surface area contributed by atoms with Gasteiger partial charge in [0.15, 0.2) is 0 Å². The molecule has 1 heterocycles. The van der Waals surface area contributed by atoms with Crippen LogP contribution in [-0.2, 0) is 0 Å². The highest BCUT2D eigenvalue weighted by molar-refractivity contribution is 4.93. The summed E-state index contributed by atoms with van der Waals surface area (Å²) in [6.07, 6.45) is 2.56. The summed E-state index contributed by atoms with van der Waals surface area (Å²) in [6, 6.07) is 2.97. The maximum atomic E-state index is 8.80. The fourth-order valence-electron chi connectivity index (χ4n) is 1.99. The molecule has 1 aliphatic heterocycles. The molecule has 1 saturated heterocycles. The molecule has 2 nitrogen and oxygen atoms in total. The van der Waals surface area contributed by atoms with Crippen LogP contribution in [0, 0.1) is 17.2 Å². The van der Waals surface area contributed by atoms with Gasteiger partial charge in [-0.2, -0.15) is 5.26 Å². The van der Waals surface area contributed by atoms with Crippen molar-refractivity contribution in [3.63, 3.8) is 0 Å². The number of piperidine rings is 1. The Bertz CT molecular complexity index is 183. The molecule has 0 saturated carbocycles. The van der Waals surface area contributed by atoms with Crippen molar-refractivity contribution < 1.29 is 0 Å². The standard InChI is InChI=1S/C10H18N2/c1-8-5-4-6-12(10(8)3)9(2)7-11/h8-10H,4-6H2,1-3H3. The molecule has 3 unspecified atom stereocenters. The van der Waals surface area contributed by atoms with E-state index in [0.29, 0.717) is 6.04 Å². The van der Waals surface area contributed by atoms with Gasteiger partial charge < -0.3 is 0 Å². The second-order valence-electron chi connectivity index (χ2n) is 3.90. The van der Waals surface area contributed by atoms with Crippen molar-refractivity contribution in [3.8, 4) is 6.07 Å². The molecular weight excluding hydrogens is 148 g/mol.